The Morgan fingerprint density at radius 2 is 2.17 bits per heavy atom. The Morgan fingerprint density at radius 3 is 2.75 bits per heavy atom. The van der Waals surface area contributed by atoms with Crippen LogP contribution in [-0.4, -0.2) is 45.1 Å². The number of hydrogen-bond acceptors (Lipinski definition) is 7. The van der Waals surface area contributed by atoms with Crippen LogP contribution in [0.25, 0.3) is 0 Å². The predicted octanol–water partition coefficient (Wildman–Crippen LogP) is 2.42. The monoisotopic (exact) mass is 349 g/mol. The first kappa shape index (κ1) is 17.0. The van der Waals surface area contributed by atoms with Crippen molar-refractivity contribution in [2.75, 3.05) is 18.4 Å². The maximum Gasteiger partial charge on any atom is 0.243 e. The highest BCUT2D eigenvalue weighted by Gasteiger charge is 2.27. The maximum absolute atomic E-state index is 12.4. The van der Waals surface area contributed by atoms with Crippen LogP contribution in [0, 0.1) is 19.8 Å². The minimum atomic E-state index is -0.150. The average molecular weight is 349 g/mol. The molecule has 8 heteroatoms. The van der Waals surface area contributed by atoms with Crippen LogP contribution in [-0.2, 0) is 11.2 Å². The van der Waals surface area contributed by atoms with Crippen LogP contribution >= 0.6 is 11.3 Å². The van der Waals surface area contributed by atoms with Crippen molar-refractivity contribution in [1.82, 2.24) is 20.0 Å². The van der Waals surface area contributed by atoms with E-state index in [0.717, 1.165) is 43.9 Å². The fourth-order valence-electron chi connectivity index (χ4n) is 3.01. The third kappa shape index (κ3) is 4.18. The normalized spacial score (nSPS) is 17.8. The Labute approximate surface area is 145 Å². The van der Waals surface area contributed by atoms with Crippen molar-refractivity contribution in [2.24, 2.45) is 5.92 Å². The molecule has 24 heavy (non-hydrogen) atoms. The summed E-state index contributed by atoms with van der Waals surface area (Å²) < 4.78 is 5.03. The quantitative estimate of drug-likeness (QED) is 0.892. The van der Waals surface area contributed by atoms with Crippen LogP contribution in [0.3, 0.4) is 0 Å². The van der Waals surface area contributed by atoms with Gasteiger partial charge in [0.15, 0.2) is 11.0 Å². The summed E-state index contributed by atoms with van der Waals surface area (Å²) in [5.41, 5.74) is 0.931. The molecule has 130 valence electrons. The van der Waals surface area contributed by atoms with Gasteiger partial charge in [0, 0.05) is 18.7 Å². The highest BCUT2D eigenvalue weighted by Crippen LogP contribution is 2.23. The standard InChI is InChI=1S/C16H23N5O2S/c1-10-9-24-16(17-10)19-15(22)11(2)21-6-4-13(5-7-21)8-14-18-12(3)23-20-14/h9,11,13H,4-8H2,1-3H3,(H,17,19,22)/t11-/m1/s1. The molecule has 2 aromatic rings. The summed E-state index contributed by atoms with van der Waals surface area (Å²) in [7, 11) is 0. The molecular formula is C16H23N5O2S. The number of thiazole rings is 1. The van der Waals surface area contributed by atoms with E-state index in [1.165, 1.54) is 11.3 Å². The Bertz CT molecular complexity index is 690. The highest BCUT2D eigenvalue weighted by molar-refractivity contribution is 7.13. The van der Waals surface area contributed by atoms with E-state index < -0.39 is 0 Å². The Hall–Kier alpha value is -1.80. The fourth-order valence-corrected chi connectivity index (χ4v) is 3.70. The Balaban J connectivity index is 1.47. The van der Waals surface area contributed by atoms with Gasteiger partial charge in [0.1, 0.15) is 0 Å². The van der Waals surface area contributed by atoms with Crippen LogP contribution in [0.2, 0.25) is 0 Å². The molecule has 0 aliphatic carbocycles. The van der Waals surface area contributed by atoms with Gasteiger partial charge in [0.2, 0.25) is 11.8 Å². The molecule has 3 rings (SSSR count). The van der Waals surface area contributed by atoms with Gasteiger partial charge in [-0.15, -0.1) is 11.3 Å². The first-order chi connectivity index (χ1) is 11.5. The number of likely N-dealkylation sites (tertiary alicyclic amines) is 1. The lowest BCUT2D eigenvalue weighted by atomic mass is 9.92. The number of piperidine rings is 1. The smallest absolute Gasteiger partial charge is 0.243 e. The van der Waals surface area contributed by atoms with E-state index in [4.69, 9.17) is 4.52 Å². The molecule has 1 saturated heterocycles. The van der Waals surface area contributed by atoms with Gasteiger partial charge in [-0.2, -0.15) is 4.98 Å². The van der Waals surface area contributed by atoms with Gasteiger partial charge < -0.3 is 9.84 Å². The van der Waals surface area contributed by atoms with Gasteiger partial charge in [-0.1, -0.05) is 5.16 Å². The molecule has 0 radical (unpaired) electrons. The topological polar surface area (TPSA) is 84.2 Å². The third-order valence-electron chi connectivity index (χ3n) is 4.47. The van der Waals surface area contributed by atoms with Gasteiger partial charge in [-0.25, -0.2) is 4.98 Å². The van der Waals surface area contributed by atoms with Crippen LogP contribution in [0.1, 0.15) is 37.2 Å². The van der Waals surface area contributed by atoms with E-state index in [1.807, 2.05) is 26.2 Å². The number of nitrogens with zero attached hydrogens (tertiary/aromatic N) is 4. The molecule has 0 bridgehead atoms. The molecule has 1 fully saturated rings. The minimum absolute atomic E-state index is 0.0107. The molecule has 0 spiro atoms. The van der Waals surface area contributed by atoms with Crippen molar-refractivity contribution in [3.63, 3.8) is 0 Å². The van der Waals surface area contributed by atoms with E-state index in [0.29, 0.717) is 16.9 Å². The molecule has 1 N–H and O–H groups in total. The summed E-state index contributed by atoms with van der Waals surface area (Å²) in [6, 6.07) is -0.150. The van der Waals surface area contributed by atoms with Gasteiger partial charge in [0.25, 0.3) is 0 Å². The second kappa shape index (κ2) is 7.40. The van der Waals surface area contributed by atoms with Crippen LogP contribution < -0.4 is 5.32 Å². The van der Waals surface area contributed by atoms with Crippen molar-refractivity contribution in [3.8, 4) is 0 Å². The highest BCUT2D eigenvalue weighted by atomic mass is 32.1. The number of anilines is 1. The number of rotatable bonds is 5. The van der Waals surface area contributed by atoms with Gasteiger partial charge in [-0.05, 0) is 45.7 Å². The molecule has 7 nitrogen and oxygen atoms in total. The van der Waals surface area contributed by atoms with Gasteiger partial charge in [0.05, 0.1) is 11.7 Å². The Morgan fingerprint density at radius 1 is 1.42 bits per heavy atom. The van der Waals surface area contributed by atoms with Crippen LogP contribution in [0.4, 0.5) is 5.13 Å². The maximum atomic E-state index is 12.4. The molecular weight excluding hydrogens is 326 g/mol. The lowest BCUT2D eigenvalue weighted by Gasteiger charge is -2.34. The zero-order valence-electron chi connectivity index (χ0n) is 14.3. The summed E-state index contributed by atoms with van der Waals surface area (Å²) in [4.78, 5) is 23.2. The number of hydrogen-bond donors (Lipinski definition) is 1. The van der Waals surface area contributed by atoms with E-state index in [1.54, 1.807) is 0 Å². The number of nitrogens with one attached hydrogen (secondary N) is 1. The lowest BCUT2D eigenvalue weighted by Crippen LogP contribution is -2.46. The van der Waals surface area contributed by atoms with E-state index in [-0.39, 0.29) is 11.9 Å². The van der Waals surface area contributed by atoms with Crippen molar-refractivity contribution in [3.05, 3.63) is 22.8 Å². The van der Waals surface area contributed by atoms with E-state index >= 15 is 0 Å². The largest absolute Gasteiger partial charge is 0.340 e. The van der Waals surface area contributed by atoms with E-state index in [2.05, 4.69) is 25.3 Å². The molecule has 1 atom stereocenters. The molecule has 3 heterocycles. The zero-order chi connectivity index (χ0) is 17.1. The van der Waals surface area contributed by atoms with Crippen molar-refractivity contribution in [2.45, 2.75) is 46.1 Å². The second-order valence-corrected chi connectivity index (χ2v) is 7.23. The minimum Gasteiger partial charge on any atom is -0.340 e. The number of carbonyl (C=O) groups excluding carboxylic acids is 1. The van der Waals surface area contributed by atoms with Crippen molar-refractivity contribution >= 4 is 22.4 Å². The van der Waals surface area contributed by atoms with Crippen LogP contribution in [0.15, 0.2) is 9.90 Å². The second-order valence-electron chi connectivity index (χ2n) is 6.37. The van der Waals surface area contributed by atoms with E-state index in [9.17, 15) is 4.79 Å². The first-order valence-electron chi connectivity index (χ1n) is 8.27. The average Bonchev–Trinajstić information content (AvgIpc) is 3.15. The number of aromatic nitrogens is 3. The molecule has 1 aliphatic rings. The lowest BCUT2D eigenvalue weighted by molar-refractivity contribution is -0.121. The molecule has 0 saturated carbocycles. The SMILES string of the molecule is Cc1csc(NC(=O)[C@@H](C)N2CCC(Cc3noc(C)n3)CC2)n1. The summed E-state index contributed by atoms with van der Waals surface area (Å²) in [5, 5.41) is 9.49. The predicted molar refractivity (Wildman–Crippen MR) is 92.0 cm³/mol. The van der Waals surface area contributed by atoms with Crippen molar-refractivity contribution < 1.29 is 9.32 Å². The number of amides is 1. The molecule has 1 aliphatic heterocycles. The zero-order valence-corrected chi connectivity index (χ0v) is 15.1. The number of aryl methyl sites for hydroxylation is 2. The van der Waals surface area contributed by atoms with Crippen LogP contribution in [0.5, 0.6) is 0 Å². The van der Waals surface area contributed by atoms with Crippen molar-refractivity contribution in [1.29, 1.82) is 0 Å². The molecule has 2 aromatic heterocycles. The fraction of sp³-hybridized carbons (Fsp3) is 0.625. The third-order valence-corrected chi connectivity index (χ3v) is 5.34. The summed E-state index contributed by atoms with van der Waals surface area (Å²) in [6.07, 6.45) is 2.94. The first-order valence-corrected chi connectivity index (χ1v) is 9.15. The Kier molecular flexibility index (Phi) is 5.25. The molecule has 1 amide bonds. The molecule has 0 unspecified atom stereocenters. The van der Waals surface area contributed by atoms with Gasteiger partial charge in [-0.3, -0.25) is 9.69 Å². The summed E-state index contributed by atoms with van der Waals surface area (Å²) in [6.45, 7) is 7.51. The van der Waals surface area contributed by atoms with Gasteiger partial charge >= 0.3 is 0 Å². The number of carbonyl (C=O) groups is 1. The molecule has 0 aromatic carbocycles. The summed E-state index contributed by atoms with van der Waals surface area (Å²) in [5.74, 6) is 1.97. The summed E-state index contributed by atoms with van der Waals surface area (Å²) >= 11 is 1.46.